The van der Waals surface area contributed by atoms with Crippen LogP contribution in [-0.4, -0.2) is 14.6 Å². The summed E-state index contributed by atoms with van der Waals surface area (Å²) in [6.07, 6.45) is 1.89. The van der Waals surface area contributed by atoms with Gasteiger partial charge in [-0.25, -0.2) is 9.50 Å². The summed E-state index contributed by atoms with van der Waals surface area (Å²) in [6, 6.07) is 10.3. The van der Waals surface area contributed by atoms with Gasteiger partial charge >= 0.3 is 0 Å². The van der Waals surface area contributed by atoms with Crippen LogP contribution in [0, 0.1) is 6.92 Å². The van der Waals surface area contributed by atoms with Crippen LogP contribution >= 0.6 is 22.7 Å². The van der Waals surface area contributed by atoms with Crippen LogP contribution < -0.4 is 5.32 Å². The monoisotopic (exact) mass is 326 g/mol. The van der Waals surface area contributed by atoms with Gasteiger partial charge in [0.1, 0.15) is 11.5 Å². The molecule has 22 heavy (non-hydrogen) atoms. The second-order valence-electron chi connectivity index (χ2n) is 5.05. The maximum atomic E-state index is 4.67. The zero-order chi connectivity index (χ0) is 14.9. The number of hydrogen-bond acceptors (Lipinski definition) is 5. The molecule has 0 aromatic carbocycles. The molecule has 0 fully saturated rings. The molecule has 0 amide bonds. The van der Waals surface area contributed by atoms with Crippen molar-refractivity contribution in [3.63, 3.8) is 0 Å². The number of nitrogens with one attached hydrogen (secondary N) is 1. The number of rotatable bonds is 4. The number of fused-ring (bicyclic) bond motifs is 1. The minimum atomic E-state index is 0.790. The molecule has 4 heterocycles. The van der Waals surface area contributed by atoms with Crippen molar-refractivity contribution in [2.24, 2.45) is 0 Å². The lowest BCUT2D eigenvalue weighted by atomic mass is 10.3. The van der Waals surface area contributed by atoms with Gasteiger partial charge in [0.25, 0.3) is 0 Å². The molecule has 1 N–H and O–H groups in total. The minimum absolute atomic E-state index is 0.790. The zero-order valence-corrected chi connectivity index (χ0v) is 13.6. The van der Waals surface area contributed by atoms with E-state index in [1.54, 1.807) is 22.7 Å². The summed E-state index contributed by atoms with van der Waals surface area (Å²) in [5, 5.41) is 12.3. The largest absolute Gasteiger partial charge is 0.364 e. The molecule has 0 saturated heterocycles. The Balaban J connectivity index is 1.67. The van der Waals surface area contributed by atoms with Gasteiger partial charge < -0.3 is 5.32 Å². The Morgan fingerprint density at radius 3 is 2.95 bits per heavy atom. The standard InChI is InChI=1S/C16H14N4S2/c1-11-7-14(22-10-11)13-9-18-16-5-4-15(19-20(13)16)17-8-12-3-2-6-21-12/h2-7,9-10H,8H2,1H3,(H,17,19). The van der Waals surface area contributed by atoms with Crippen molar-refractivity contribution in [2.45, 2.75) is 13.5 Å². The molecular weight excluding hydrogens is 312 g/mol. The van der Waals surface area contributed by atoms with Gasteiger partial charge in [-0.05, 0) is 47.5 Å². The quantitative estimate of drug-likeness (QED) is 0.603. The third-order valence-electron chi connectivity index (χ3n) is 3.37. The lowest BCUT2D eigenvalue weighted by molar-refractivity contribution is 0.935. The average molecular weight is 326 g/mol. The topological polar surface area (TPSA) is 42.2 Å². The lowest BCUT2D eigenvalue weighted by Gasteiger charge is -2.05. The van der Waals surface area contributed by atoms with Crippen molar-refractivity contribution in [1.82, 2.24) is 14.6 Å². The first-order chi connectivity index (χ1) is 10.8. The first-order valence-corrected chi connectivity index (χ1v) is 8.72. The van der Waals surface area contributed by atoms with Gasteiger partial charge in [0.15, 0.2) is 5.65 Å². The normalized spacial score (nSPS) is 11.1. The van der Waals surface area contributed by atoms with E-state index in [2.05, 4.69) is 51.3 Å². The van der Waals surface area contributed by atoms with Crippen LogP contribution in [0.3, 0.4) is 0 Å². The van der Waals surface area contributed by atoms with Crippen molar-refractivity contribution < 1.29 is 0 Å². The Labute approximate surface area is 136 Å². The van der Waals surface area contributed by atoms with Gasteiger partial charge in [0.2, 0.25) is 0 Å². The van der Waals surface area contributed by atoms with Crippen molar-refractivity contribution in [1.29, 1.82) is 0 Å². The average Bonchev–Trinajstić information content (AvgIpc) is 3.25. The highest BCUT2D eigenvalue weighted by Crippen LogP contribution is 2.27. The van der Waals surface area contributed by atoms with E-state index >= 15 is 0 Å². The van der Waals surface area contributed by atoms with Crippen LogP contribution in [-0.2, 0) is 6.54 Å². The predicted molar refractivity (Wildman–Crippen MR) is 92.7 cm³/mol. The second-order valence-corrected chi connectivity index (χ2v) is 7.00. The Bertz CT molecular complexity index is 905. The Morgan fingerprint density at radius 2 is 2.18 bits per heavy atom. The van der Waals surface area contributed by atoms with E-state index in [0.717, 1.165) is 23.7 Å². The minimum Gasteiger partial charge on any atom is -0.364 e. The molecule has 110 valence electrons. The highest BCUT2D eigenvalue weighted by Gasteiger charge is 2.09. The third-order valence-corrected chi connectivity index (χ3v) is 5.32. The van der Waals surface area contributed by atoms with Gasteiger partial charge in [-0.1, -0.05) is 6.07 Å². The van der Waals surface area contributed by atoms with E-state index in [4.69, 9.17) is 0 Å². The molecule has 0 aliphatic heterocycles. The Morgan fingerprint density at radius 1 is 1.23 bits per heavy atom. The van der Waals surface area contributed by atoms with Crippen LogP contribution in [0.15, 0.2) is 47.3 Å². The molecule has 0 saturated carbocycles. The van der Waals surface area contributed by atoms with Crippen LogP contribution in [0.25, 0.3) is 16.2 Å². The second kappa shape index (κ2) is 5.55. The van der Waals surface area contributed by atoms with Crippen LogP contribution in [0.1, 0.15) is 10.4 Å². The van der Waals surface area contributed by atoms with Crippen LogP contribution in [0.4, 0.5) is 5.82 Å². The van der Waals surface area contributed by atoms with E-state index in [0.29, 0.717) is 0 Å². The summed E-state index contributed by atoms with van der Waals surface area (Å²) in [4.78, 5) is 6.92. The summed E-state index contributed by atoms with van der Waals surface area (Å²) in [5.74, 6) is 0.855. The summed E-state index contributed by atoms with van der Waals surface area (Å²) in [6.45, 7) is 2.89. The first kappa shape index (κ1) is 13.5. The molecule has 0 aliphatic rings. The molecule has 4 aromatic heterocycles. The molecule has 0 bridgehead atoms. The third kappa shape index (κ3) is 2.51. The Kier molecular flexibility index (Phi) is 3.40. The van der Waals surface area contributed by atoms with Gasteiger partial charge in [-0.3, -0.25) is 0 Å². The number of anilines is 1. The molecule has 0 spiro atoms. The van der Waals surface area contributed by atoms with Crippen molar-refractivity contribution in [2.75, 3.05) is 5.32 Å². The van der Waals surface area contributed by atoms with Gasteiger partial charge in [0.05, 0.1) is 17.6 Å². The van der Waals surface area contributed by atoms with Crippen molar-refractivity contribution in [3.05, 3.63) is 57.7 Å². The van der Waals surface area contributed by atoms with E-state index in [-0.39, 0.29) is 0 Å². The van der Waals surface area contributed by atoms with Gasteiger partial charge in [0, 0.05) is 4.88 Å². The fraction of sp³-hybridized carbons (Fsp3) is 0.125. The number of aryl methyl sites for hydroxylation is 1. The lowest BCUT2D eigenvalue weighted by Crippen LogP contribution is -2.03. The van der Waals surface area contributed by atoms with Gasteiger partial charge in [-0.15, -0.1) is 27.8 Å². The van der Waals surface area contributed by atoms with Crippen LogP contribution in [0.5, 0.6) is 0 Å². The molecule has 0 aliphatic carbocycles. The van der Waals surface area contributed by atoms with Gasteiger partial charge in [-0.2, -0.15) is 0 Å². The molecule has 4 aromatic rings. The Hall–Kier alpha value is -2.18. The van der Waals surface area contributed by atoms with E-state index < -0.39 is 0 Å². The highest BCUT2D eigenvalue weighted by atomic mass is 32.1. The molecule has 0 unspecified atom stereocenters. The summed E-state index contributed by atoms with van der Waals surface area (Å²) >= 11 is 3.46. The number of thiophene rings is 2. The molecular formula is C16H14N4S2. The summed E-state index contributed by atoms with van der Waals surface area (Å²) in [7, 11) is 0. The molecule has 6 heteroatoms. The SMILES string of the molecule is Cc1csc(-c2cnc3ccc(NCc4cccs4)nn23)c1. The number of hydrogen-bond donors (Lipinski definition) is 1. The van der Waals surface area contributed by atoms with Crippen molar-refractivity contribution >= 4 is 34.1 Å². The number of imidazole rings is 1. The maximum absolute atomic E-state index is 4.67. The van der Waals surface area contributed by atoms with Crippen molar-refractivity contribution in [3.8, 4) is 10.6 Å². The molecule has 4 rings (SSSR count). The smallest absolute Gasteiger partial charge is 0.154 e. The number of nitrogens with zero attached hydrogens (tertiary/aromatic N) is 3. The fourth-order valence-corrected chi connectivity index (χ4v) is 3.83. The van der Waals surface area contributed by atoms with E-state index in [1.807, 2.05) is 22.8 Å². The fourth-order valence-electron chi connectivity index (χ4n) is 2.29. The highest BCUT2D eigenvalue weighted by molar-refractivity contribution is 7.13. The van der Waals surface area contributed by atoms with E-state index in [9.17, 15) is 0 Å². The molecule has 4 nitrogen and oxygen atoms in total. The van der Waals surface area contributed by atoms with E-state index in [1.165, 1.54) is 15.3 Å². The maximum Gasteiger partial charge on any atom is 0.154 e. The summed E-state index contributed by atoms with van der Waals surface area (Å²) in [5.41, 5.74) is 3.16. The molecule has 0 atom stereocenters. The number of aromatic nitrogens is 3. The first-order valence-electron chi connectivity index (χ1n) is 6.96. The predicted octanol–water partition coefficient (Wildman–Crippen LogP) is 4.44. The summed E-state index contributed by atoms with van der Waals surface area (Å²) < 4.78 is 1.90. The van der Waals surface area contributed by atoms with Crippen LogP contribution in [0.2, 0.25) is 0 Å². The molecule has 0 radical (unpaired) electrons. The zero-order valence-electron chi connectivity index (χ0n) is 12.0.